The molecule has 1 amide bonds. The van der Waals surface area contributed by atoms with Crippen molar-refractivity contribution in [3.8, 4) is 10.6 Å². The van der Waals surface area contributed by atoms with E-state index < -0.39 is 0 Å². The van der Waals surface area contributed by atoms with E-state index >= 15 is 0 Å². The first-order valence-electron chi connectivity index (χ1n) is 6.12. The lowest BCUT2D eigenvalue weighted by Crippen LogP contribution is -2.27. The van der Waals surface area contributed by atoms with Crippen LogP contribution in [0.15, 0.2) is 29.8 Å². The lowest BCUT2D eigenvalue weighted by atomic mass is 10.2. The summed E-state index contributed by atoms with van der Waals surface area (Å²) >= 11 is 1.60. The lowest BCUT2D eigenvalue weighted by Gasteiger charge is -2.09. The fourth-order valence-electron chi connectivity index (χ4n) is 1.96. The Hall–Kier alpha value is -1.79. The molecule has 3 rings (SSSR count). The second-order valence-corrected chi connectivity index (χ2v) is 5.18. The van der Waals surface area contributed by atoms with Crippen molar-refractivity contribution in [2.45, 2.75) is 18.9 Å². The van der Waals surface area contributed by atoms with Crippen LogP contribution in [0.4, 0.5) is 5.95 Å². The highest BCUT2D eigenvalue weighted by atomic mass is 32.1. The van der Waals surface area contributed by atoms with Crippen LogP contribution in [0.2, 0.25) is 0 Å². The van der Waals surface area contributed by atoms with Crippen molar-refractivity contribution in [3.63, 3.8) is 0 Å². The van der Waals surface area contributed by atoms with Gasteiger partial charge in [-0.05, 0) is 30.4 Å². The van der Waals surface area contributed by atoms with E-state index in [2.05, 4.69) is 15.3 Å². The van der Waals surface area contributed by atoms with E-state index in [-0.39, 0.29) is 12.0 Å². The van der Waals surface area contributed by atoms with Crippen LogP contribution in [0.5, 0.6) is 0 Å². The topological polar surface area (TPSA) is 64.1 Å². The number of hydrogen-bond acceptors (Lipinski definition) is 5. The molecule has 2 aromatic rings. The standard InChI is InChI=1S/C13H13N3O2S/c17-12(10-3-1-7-18-10)16-13-14-6-5-9(15-13)11-4-2-8-19-11/h2,4-6,8,10H,1,3,7H2,(H,14,15,16,17)/t10-/m0/s1. The van der Waals surface area contributed by atoms with Crippen LogP contribution in [-0.4, -0.2) is 28.6 Å². The number of rotatable bonds is 3. The number of nitrogens with one attached hydrogen (secondary N) is 1. The Labute approximate surface area is 114 Å². The largest absolute Gasteiger partial charge is 0.368 e. The summed E-state index contributed by atoms with van der Waals surface area (Å²) < 4.78 is 5.32. The molecule has 2 aromatic heterocycles. The average Bonchev–Trinajstić information content (AvgIpc) is 3.13. The Balaban J connectivity index is 1.74. The normalized spacial score (nSPS) is 18.4. The summed E-state index contributed by atoms with van der Waals surface area (Å²) in [4.78, 5) is 21.4. The zero-order valence-corrected chi connectivity index (χ0v) is 11.0. The molecular formula is C13H13N3O2S. The van der Waals surface area contributed by atoms with Gasteiger partial charge in [-0.2, -0.15) is 0 Å². The lowest BCUT2D eigenvalue weighted by molar-refractivity contribution is -0.124. The number of anilines is 1. The van der Waals surface area contributed by atoms with Crippen LogP contribution in [0, 0.1) is 0 Å². The van der Waals surface area contributed by atoms with E-state index in [0.29, 0.717) is 12.6 Å². The predicted molar refractivity (Wildman–Crippen MR) is 72.9 cm³/mol. The number of aromatic nitrogens is 2. The summed E-state index contributed by atoms with van der Waals surface area (Å²) in [6.45, 7) is 0.647. The second-order valence-electron chi connectivity index (χ2n) is 4.23. The minimum Gasteiger partial charge on any atom is -0.368 e. The maximum absolute atomic E-state index is 11.9. The maximum Gasteiger partial charge on any atom is 0.255 e. The van der Waals surface area contributed by atoms with E-state index in [1.807, 2.05) is 23.6 Å². The van der Waals surface area contributed by atoms with Crippen molar-refractivity contribution >= 4 is 23.2 Å². The van der Waals surface area contributed by atoms with Gasteiger partial charge in [-0.1, -0.05) is 6.07 Å². The molecule has 1 saturated heterocycles. The van der Waals surface area contributed by atoms with Crippen molar-refractivity contribution in [1.82, 2.24) is 9.97 Å². The second kappa shape index (κ2) is 5.46. The monoisotopic (exact) mass is 275 g/mol. The van der Waals surface area contributed by atoms with E-state index in [9.17, 15) is 4.79 Å². The van der Waals surface area contributed by atoms with Crippen LogP contribution < -0.4 is 5.32 Å². The molecule has 1 N–H and O–H groups in total. The quantitative estimate of drug-likeness (QED) is 0.933. The summed E-state index contributed by atoms with van der Waals surface area (Å²) in [5, 5.41) is 4.69. The molecule has 0 aromatic carbocycles. The first kappa shape index (κ1) is 12.3. The summed E-state index contributed by atoms with van der Waals surface area (Å²) in [5.41, 5.74) is 0.813. The molecule has 0 aliphatic carbocycles. The highest BCUT2D eigenvalue weighted by Crippen LogP contribution is 2.23. The molecule has 1 atom stereocenters. The predicted octanol–water partition coefficient (Wildman–Crippen LogP) is 2.32. The van der Waals surface area contributed by atoms with Crippen molar-refractivity contribution < 1.29 is 9.53 Å². The van der Waals surface area contributed by atoms with Crippen LogP contribution in [-0.2, 0) is 9.53 Å². The molecule has 0 radical (unpaired) electrons. The number of nitrogens with zero attached hydrogens (tertiary/aromatic N) is 2. The minimum absolute atomic E-state index is 0.166. The number of carbonyl (C=O) groups excluding carboxylic acids is 1. The van der Waals surface area contributed by atoms with E-state index in [1.165, 1.54) is 0 Å². The van der Waals surface area contributed by atoms with Gasteiger partial charge < -0.3 is 4.74 Å². The van der Waals surface area contributed by atoms with Gasteiger partial charge in [0.05, 0.1) is 10.6 Å². The molecule has 1 fully saturated rings. The maximum atomic E-state index is 11.9. The number of hydrogen-bond donors (Lipinski definition) is 1. The van der Waals surface area contributed by atoms with Gasteiger partial charge in [0, 0.05) is 12.8 Å². The molecule has 98 valence electrons. The Morgan fingerprint density at radius 3 is 3.16 bits per heavy atom. The fourth-order valence-corrected chi connectivity index (χ4v) is 2.65. The van der Waals surface area contributed by atoms with Crippen molar-refractivity contribution in [2.24, 2.45) is 0 Å². The van der Waals surface area contributed by atoms with Crippen LogP contribution >= 0.6 is 11.3 Å². The molecule has 19 heavy (non-hydrogen) atoms. The Kier molecular flexibility index (Phi) is 3.52. The zero-order chi connectivity index (χ0) is 13.1. The van der Waals surface area contributed by atoms with Gasteiger partial charge in [-0.15, -0.1) is 11.3 Å². The summed E-state index contributed by atoms with van der Waals surface area (Å²) in [5.74, 6) is 0.159. The van der Waals surface area contributed by atoms with E-state index in [1.54, 1.807) is 17.5 Å². The van der Waals surface area contributed by atoms with Gasteiger partial charge >= 0.3 is 0 Å². The Morgan fingerprint density at radius 2 is 2.42 bits per heavy atom. The van der Waals surface area contributed by atoms with Gasteiger partial charge in [0.2, 0.25) is 5.95 Å². The third-order valence-corrected chi connectivity index (χ3v) is 3.78. The van der Waals surface area contributed by atoms with Crippen LogP contribution in [0.25, 0.3) is 10.6 Å². The van der Waals surface area contributed by atoms with Gasteiger partial charge in [0.1, 0.15) is 6.10 Å². The molecule has 0 spiro atoms. The number of amides is 1. The first-order chi connectivity index (χ1) is 9.33. The van der Waals surface area contributed by atoms with Crippen molar-refractivity contribution in [2.75, 3.05) is 11.9 Å². The first-order valence-corrected chi connectivity index (χ1v) is 7.00. The number of thiophene rings is 1. The SMILES string of the molecule is O=C(Nc1nccc(-c2cccs2)n1)[C@@H]1CCCO1. The van der Waals surface area contributed by atoms with Crippen molar-refractivity contribution in [1.29, 1.82) is 0 Å². The molecule has 6 heteroatoms. The molecule has 1 aliphatic rings. The molecule has 1 aliphatic heterocycles. The summed E-state index contributed by atoms with van der Waals surface area (Å²) in [6, 6.07) is 5.78. The molecule has 3 heterocycles. The smallest absolute Gasteiger partial charge is 0.255 e. The average molecular weight is 275 g/mol. The third kappa shape index (κ3) is 2.80. The molecule has 0 unspecified atom stereocenters. The Morgan fingerprint density at radius 1 is 1.47 bits per heavy atom. The minimum atomic E-state index is -0.367. The highest BCUT2D eigenvalue weighted by molar-refractivity contribution is 7.13. The van der Waals surface area contributed by atoms with Gasteiger partial charge in [0.15, 0.2) is 0 Å². The molecule has 0 bridgehead atoms. The third-order valence-electron chi connectivity index (χ3n) is 2.89. The molecular weight excluding hydrogens is 262 g/mol. The summed E-state index contributed by atoms with van der Waals surface area (Å²) in [7, 11) is 0. The molecule has 0 saturated carbocycles. The van der Waals surface area contributed by atoms with Gasteiger partial charge in [-0.25, -0.2) is 9.97 Å². The number of ether oxygens (including phenoxy) is 1. The van der Waals surface area contributed by atoms with Crippen LogP contribution in [0.3, 0.4) is 0 Å². The van der Waals surface area contributed by atoms with Crippen LogP contribution in [0.1, 0.15) is 12.8 Å². The zero-order valence-electron chi connectivity index (χ0n) is 10.2. The summed E-state index contributed by atoms with van der Waals surface area (Å²) in [6.07, 6.45) is 2.96. The Bertz CT molecular complexity index is 565. The fraction of sp³-hybridized carbons (Fsp3) is 0.308. The highest BCUT2D eigenvalue weighted by Gasteiger charge is 2.24. The van der Waals surface area contributed by atoms with E-state index in [4.69, 9.17) is 4.74 Å². The van der Waals surface area contributed by atoms with E-state index in [0.717, 1.165) is 23.4 Å². The van der Waals surface area contributed by atoms with Crippen molar-refractivity contribution in [3.05, 3.63) is 29.8 Å². The number of carbonyl (C=O) groups is 1. The molecule has 5 nitrogen and oxygen atoms in total. The van der Waals surface area contributed by atoms with Gasteiger partial charge in [-0.3, -0.25) is 10.1 Å². The van der Waals surface area contributed by atoms with Gasteiger partial charge in [0.25, 0.3) is 5.91 Å².